The predicted molar refractivity (Wildman–Crippen MR) is 82.9 cm³/mol. The smallest absolute Gasteiger partial charge is 0.319 e. The lowest BCUT2D eigenvalue weighted by Gasteiger charge is -2.21. The molecule has 0 saturated carbocycles. The summed E-state index contributed by atoms with van der Waals surface area (Å²) in [7, 11) is 0. The van der Waals surface area contributed by atoms with Crippen molar-refractivity contribution in [2.24, 2.45) is 0 Å². The maximum absolute atomic E-state index is 13.7. The largest absolute Gasteiger partial charge is 0.491 e. The van der Waals surface area contributed by atoms with Gasteiger partial charge in [0.2, 0.25) is 0 Å². The third kappa shape index (κ3) is 4.46. The quantitative estimate of drug-likeness (QED) is 0.763. The summed E-state index contributed by atoms with van der Waals surface area (Å²) in [6.07, 6.45) is 1.44. The van der Waals surface area contributed by atoms with Crippen LogP contribution in [-0.2, 0) is 5.60 Å². The zero-order valence-electron chi connectivity index (χ0n) is 12.9. The van der Waals surface area contributed by atoms with Gasteiger partial charge >= 0.3 is 6.03 Å². The summed E-state index contributed by atoms with van der Waals surface area (Å²) in [5.41, 5.74) is -1.06. The Labute approximate surface area is 133 Å². The highest BCUT2D eigenvalue weighted by molar-refractivity contribution is 5.89. The minimum atomic E-state index is -1.34. The molecule has 2 rings (SSSR count). The predicted octanol–water partition coefficient (Wildman–Crippen LogP) is 2.85. The standard InChI is InChI=1S/C16H19FN2O4/c1-3-22-13-7-6-11(9-12(13)17)19-15(20)18-10-16(2,21)14-5-4-8-23-14/h4-9,21H,3,10H2,1-2H3,(H2,18,19,20). The van der Waals surface area contributed by atoms with Crippen LogP contribution in [0.5, 0.6) is 5.75 Å². The highest BCUT2D eigenvalue weighted by atomic mass is 19.1. The molecule has 0 aliphatic rings. The van der Waals surface area contributed by atoms with Crippen LogP contribution in [0.3, 0.4) is 0 Å². The topological polar surface area (TPSA) is 83.7 Å². The molecule has 1 aromatic carbocycles. The number of ether oxygens (including phenoxy) is 1. The molecule has 0 aliphatic carbocycles. The van der Waals surface area contributed by atoms with Crippen molar-refractivity contribution in [3.05, 3.63) is 48.2 Å². The Hall–Kier alpha value is -2.54. The van der Waals surface area contributed by atoms with Gasteiger partial charge in [0.15, 0.2) is 11.6 Å². The third-order valence-electron chi connectivity index (χ3n) is 3.13. The molecule has 2 amide bonds. The second-order valence-electron chi connectivity index (χ2n) is 5.14. The summed E-state index contributed by atoms with van der Waals surface area (Å²) in [6.45, 7) is 3.56. The molecule has 23 heavy (non-hydrogen) atoms. The van der Waals surface area contributed by atoms with Crippen LogP contribution in [0.15, 0.2) is 41.0 Å². The van der Waals surface area contributed by atoms with Crippen LogP contribution in [0, 0.1) is 5.82 Å². The van der Waals surface area contributed by atoms with E-state index in [9.17, 15) is 14.3 Å². The van der Waals surface area contributed by atoms with Gasteiger partial charge in [0.1, 0.15) is 11.4 Å². The normalized spacial score (nSPS) is 13.2. The molecule has 1 aromatic heterocycles. The van der Waals surface area contributed by atoms with Gasteiger partial charge in [-0.3, -0.25) is 0 Å². The van der Waals surface area contributed by atoms with E-state index in [1.54, 1.807) is 19.1 Å². The molecule has 0 fully saturated rings. The number of anilines is 1. The highest BCUT2D eigenvalue weighted by Gasteiger charge is 2.26. The van der Waals surface area contributed by atoms with Crippen molar-refractivity contribution in [3.63, 3.8) is 0 Å². The van der Waals surface area contributed by atoms with Crippen LogP contribution < -0.4 is 15.4 Å². The SMILES string of the molecule is CCOc1ccc(NC(=O)NCC(C)(O)c2ccco2)cc1F. The highest BCUT2D eigenvalue weighted by Crippen LogP contribution is 2.22. The fourth-order valence-electron chi connectivity index (χ4n) is 1.95. The Morgan fingerprint density at radius 3 is 2.83 bits per heavy atom. The fraction of sp³-hybridized carbons (Fsp3) is 0.312. The van der Waals surface area contributed by atoms with E-state index in [-0.39, 0.29) is 18.0 Å². The number of carbonyl (C=O) groups excluding carboxylic acids is 1. The van der Waals surface area contributed by atoms with Gasteiger partial charge in [-0.25, -0.2) is 9.18 Å². The molecule has 6 nitrogen and oxygen atoms in total. The molecular weight excluding hydrogens is 303 g/mol. The number of rotatable bonds is 6. The molecule has 124 valence electrons. The number of urea groups is 1. The van der Waals surface area contributed by atoms with Crippen molar-refractivity contribution >= 4 is 11.7 Å². The van der Waals surface area contributed by atoms with E-state index in [4.69, 9.17) is 9.15 Å². The Bertz CT molecular complexity index is 656. The fourth-order valence-corrected chi connectivity index (χ4v) is 1.95. The first-order chi connectivity index (χ1) is 10.9. The van der Waals surface area contributed by atoms with Gasteiger partial charge in [-0.1, -0.05) is 0 Å². The van der Waals surface area contributed by atoms with E-state index in [2.05, 4.69) is 10.6 Å². The lowest BCUT2D eigenvalue weighted by Crippen LogP contribution is -2.40. The Kier molecular flexibility index (Phi) is 5.23. The van der Waals surface area contributed by atoms with Gasteiger partial charge in [0.25, 0.3) is 0 Å². The van der Waals surface area contributed by atoms with Gasteiger partial charge < -0.3 is 24.9 Å². The van der Waals surface area contributed by atoms with Crippen LogP contribution in [0.25, 0.3) is 0 Å². The zero-order valence-corrected chi connectivity index (χ0v) is 12.9. The molecule has 1 atom stereocenters. The monoisotopic (exact) mass is 322 g/mol. The van der Waals surface area contributed by atoms with Crippen molar-refractivity contribution in [2.45, 2.75) is 19.4 Å². The van der Waals surface area contributed by atoms with E-state index < -0.39 is 17.4 Å². The number of aliphatic hydroxyl groups is 1. The first-order valence-electron chi connectivity index (χ1n) is 7.16. The van der Waals surface area contributed by atoms with Crippen molar-refractivity contribution in [1.82, 2.24) is 5.32 Å². The van der Waals surface area contributed by atoms with Crippen LogP contribution in [0.2, 0.25) is 0 Å². The number of amides is 2. The molecule has 0 saturated heterocycles. The maximum atomic E-state index is 13.7. The number of carbonyl (C=O) groups is 1. The van der Waals surface area contributed by atoms with Gasteiger partial charge in [0, 0.05) is 11.8 Å². The number of hydrogen-bond donors (Lipinski definition) is 3. The van der Waals surface area contributed by atoms with Gasteiger partial charge in [-0.15, -0.1) is 0 Å². The molecule has 2 aromatic rings. The first-order valence-corrected chi connectivity index (χ1v) is 7.16. The summed E-state index contributed by atoms with van der Waals surface area (Å²) in [5, 5.41) is 15.2. The second kappa shape index (κ2) is 7.15. The van der Waals surface area contributed by atoms with Gasteiger partial charge in [-0.05, 0) is 38.1 Å². The zero-order chi connectivity index (χ0) is 16.9. The van der Waals surface area contributed by atoms with Crippen molar-refractivity contribution in [1.29, 1.82) is 0 Å². The molecule has 1 unspecified atom stereocenters. The molecule has 1 heterocycles. The minimum absolute atomic E-state index is 0.0636. The molecule has 7 heteroatoms. The van der Waals surface area contributed by atoms with E-state index in [1.165, 1.54) is 25.3 Å². The summed E-state index contributed by atoms with van der Waals surface area (Å²) in [6, 6.07) is 6.81. The van der Waals surface area contributed by atoms with E-state index in [0.717, 1.165) is 6.07 Å². The minimum Gasteiger partial charge on any atom is -0.491 e. The lowest BCUT2D eigenvalue weighted by molar-refractivity contribution is 0.0372. The Balaban J connectivity index is 1.91. The Morgan fingerprint density at radius 1 is 1.43 bits per heavy atom. The third-order valence-corrected chi connectivity index (χ3v) is 3.13. The second-order valence-corrected chi connectivity index (χ2v) is 5.14. The number of nitrogens with one attached hydrogen (secondary N) is 2. The van der Waals surface area contributed by atoms with Gasteiger partial charge in [0.05, 0.1) is 19.4 Å². The molecular formula is C16H19FN2O4. The maximum Gasteiger partial charge on any atom is 0.319 e. The molecule has 0 bridgehead atoms. The van der Waals surface area contributed by atoms with E-state index in [0.29, 0.717) is 12.4 Å². The Morgan fingerprint density at radius 2 is 2.22 bits per heavy atom. The number of hydrogen-bond acceptors (Lipinski definition) is 4. The van der Waals surface area contributed by atoms with Crippen molar-refractivity contribution in [2.75, 3.05) is 18.5 Å². The van der Waals surface area contributed by atoms with Crippen LogP contribution in [-0.4, -0.2) is 24.3 Å². The molecule has 0 aliphatic heterocycles. The summed E-state index contributed by atoms with van der Waals surface area (Å²) in [5.74, 6) is -0.101. The van der Waals surface area contributed by atoms with Crippen molar-refractivity contribution in [3.8, 4) is 5.75 Å². The molecule has 0 radical (unpaired) electrons. The summed E-state index contributed by atoms with van der Waals surface area (Å²) < 4.78 is 23.9. The van der Waals surface area contributed by atoms with Crippen molar-refractivity contribution < 1.29 is 23.4 Å². The van der Waals surface area contributed by atoms with Gasteiger partial charge in [-0.2, -0.15) is 0 Å². The first kappa shape index (κ1) is 16.8. The summed E-state index contributed by atoms with van der Waals surface area (Å²) >= 11 is 0. The average Bonchev–Trinajstić information content (AvgIpc) is 3.03. The number of benzene rings is 1. The van der Waals surface area contributed by atoms with E-state index in [1.807, 2.05) is 0 Å². The number of halogens is 1. The van der Waals surface area contributed by atoms with E-state index >= 15 is 0 Å². The van der Waals surface area contributed by atoms with Crippen LogP contribution >= 0.6 is 0 Å². The average molecular weight is 322 g/mol. The lowest BCUT2D eigenvalue weighted by atomic mass is 10.0. The van der Waals surface area contributed by atoms with Crippen LogP contribution in [0.1, 0.15) is 19.6 Å². The number of furan rings is 1. The molecule has 3 N–H and O–H groups in total. The molecule has 0 spiro atoms. The van der Waals surface area contributed by atoms with Crippen LogP contribution in [0.4, 0.5) is 14.9 Å². The summed E-state index contributed by atoms with van der Waals surface area (Å²) in [4.78, 5) is 11.8.